The first-order chi connectivity index (χ1) is 9.92. The Morgan fingerprint density at radius 1 is 1.15 bits per heavy atom. The fourth-order valence-electron chi connectivity index (χ4n) is 3.49. The molecule has 0 bridgehead atoms. The Kier molecular flexibility index (Phi) is 3.03. The second kappa shape index (κ2) is 5.02. The summed E-state index contributed by atoms with van der Waals surface area (Å²) in [7, 11) is 0. The van der Waals surface area contributed by atoms with Gasteiger partial charge in [-0.05, 0) is 61.9 Å². The van der Waals surface area contributed by atoms with E-state index in [2.05, 4.69) is 33.6 Å². The summed E-state index contributed by atoms with van der Waals surface area (Å²) in [6, 6.07) is 6.76. The average Bonchev–Trinajstić information content (AvgIpc) is 3.16. The smallest absolute Gasteiger partial charge is 0.138 e. The first-order valence-electron chi connectivity index (χ1n) is 7.64. The fourth-order valence-corrected chi connectivity index (χ4v) is 3.49. The fraction of sp³-hybridized carbons (Fsp3) is 0.500. The maximum atomic E-state index is 4.52. The third-order valence-electron chi connectivity index (χ3n) is 4.56. The molecule has 0 spiro atoms. The second-order valence-corrected chi connectivity index (χ2v) is 5.88. The summed E-state index contributed by atoms with van der Waals surface area (Å²) in [5.74, 6) is 1.59. The van der Waals surface area contributed by atoms with Gasteiger partial charge in [0.25, 0.3) is 0 Å². The van der Waals surface area contributed by atoms with E-state index in [1.54, 1.807) is 6.33 Å². The highest BCUT2D eigenvalue weighted by Gasteiger charge is 2.21. The number of aryl methyl sites for hydroxylation is 2. The minimum absolute atomic E-state index is 0.486. The van der Waals surface area contributed by atoms with Gasteiger partial charge in [-0.1, -0.05) is 6.07 Å². The summed E-state index contributed by atoms with van der Waals surface area (Å²) in [6.45, 7) is 2.15. The Balaban J connectivity index is 1.70. The minimum Gasteiger partial charge on any atom is -0.316 e. The molecular formula is C16H20N4. The summed E-state index contributed by atoms with van der Waals surface area (Å²) in [4.78, 5) is 4.52. The molecule has 0 radical (unpaired) electrons. The lowest BCUT2D eigenvalue weighted by Gasteiger charge is -2.22. The first kappa shape index (κ1) is 12.1. The van der Waals surface area contributed by atoms with Crippen LogP contribution in [0.15, 0.2) is 24.5 Å². The molecule has 4 nitrogen and oxygen atoms in total. The third kappa shape index (κ3) is 2.04. The molecule has 2 aromatic rings. The van der Waals surface area contributed by atoms with E-state index in [9.17, 15) is 0 Å². The van der Waals surface area contributed by atoms with Crippen LogP contribution in [0, 0.1) is 0 Å². The van der Waals surface area contributed by atoms with Crippen LogP contribution in [0.1, 0.15) is 42.1 Å². The monoisotopic (exact) mass is 268 g/mol. The van der Waals surface area contributed by atoms with Crippen molar-refractivity contribution < 1.29 is 0 Å². The molecule has 1 N–H and O–H groups in total. The second-order valence-electron chi connectivity index (χ2n) is 5.88. The van der Waals surface area contributed by atoms with Gasteiger partial charge in [0.05, 0.1) is 5.69 Å². The number of nitrogens with zero attached hydrogens (tertiary/aromatic N) is 3. The van der Waals surface area contributed by atoms with Crippen LogP contribution in [0.4, 0.5) is 0 Å². The standard InChI is InChI=1S/C16H20N4/c1-3-12-6-7-15(9-13(12)4-1)20-16(18-11-19-20)14-5-2-8-17-10-14/h6-7,9,11,14,17H,1-5,8,10H2. The van der Waals surface area contributed by atoms with E-state index < -0.39 is 0 Å². The Labute approximate surface area is 119 Å². The number of nitrogens with one attached hydrogen (secondary N) is 1. The molecular weight excluding hydrogens is 248 g/mol. The van der Waals surface area contributed by atoms with E-state index in [4.69, 9.17) is 0 Å². The van der Waals surface area contributed by atoms with Crippen molar-refractivity contribution in [1.29, 1.82) is 0 Å². The molecule has 4 rings (SSSR count). The van der Waals surface area contributed by atoms with Crippen molar-refractivity contribution in [2.24, 2.45) is 0 Å². The molecule has 1 atom stereocenters. The first-order valence-corrected chi connectivity index (χ1v) is 7.64. The highest BCUT2D eigenvalue weighted by molar-refractivity contribution is 5.42. The van der Waals surface area contributed by atoms with Crippen molar-refractivity contribution in [2.45, 2.75) is 38.0 Å². The molecule has 2 heterocycles. The van der Waals surface area contributed by atoms with Gasteiger partial charge in [-0.2, -0.15) is 5.10 Å². The highest BCUT2D eigenvalue weighted by atomic mass is 15.3. The van der Waals surface area contributed by atoms with Crippen molar-refractivity contribution >= 4 is 0 Å². The lowest BCUT2D eigenvalue weighted by Crippen LogP contribution is -2.30. The van der Waals surface area contributed by atoms with Crippen LogP contribution in [0.3, 0.4) is 0 Å². The van der Waals surface area contributed by atoms with Crippen LogP contribution in [-0.4, -0.2) is 27.9 Å². The Morgan fingerprint density at radius 2 is 2.10 bits per heavy atom. The Bertz CT molecular complexity index is 611. The van der Waals surface area contributed by atoms with Crippen molar-refractivity contribution in [3.05, 3.63) is 41.5 Å². The number of aromatic nitrogens is 3. The number of hydrogen-bond acceptors (Lipinski definition) is 3. The molecule has 1 aromatic heterocycles. The molecule has 1 aliphatic heterocycles. The SMILES string of the molecule is c1nc(C2CCCNC2)n(-c2ccc3c(c2)CCC3)n1. The highest BCUT2D eigenvalue weighted by Crippen LogP contribution is 2.27. The molecule has 1 unspecified atom stereocenters. The lowest BCUT2D eigenvalue weighted by atomic mass is 9.98. The zero-order chi connectivity index (χ0) is 13.4. The largest absolute Gasteiger partial charge is 0.316 e. The zero-order valence-electron chi connectivity index (χ0n) is 11.7. The van der Waals surface area contributed by atoms with E-state index in [1.807, 2.05) is 4.68 Å². The van der Waals surface area contributed by atoms with Crippen molar-refractivity contribution in [2.75, 3.05) is 13.1 Å². The minimum atomic E-state index is 0.486. The summed E-state index contributed by atoms with van der Waals surface area (Å²) >= 11 is 0. The summed E-state index contributed by atoms with van der Waals surface area (Å²) in [6.07, 6.45) is 7.84. The molecule has 0 saturated carbocycles. The number of rotatable bonds is 2. The van der Waals surface area contributed by atoms with Gasteiger partial charge < -0.3 is 5.32 Å². The van der Waals surface area contributed by atoms with E-state index in [0.29, 0.717) is 5.92 Å². The Hall–Kier alpha value is -1.68. The number of hydrogen-bond donors (Lipinski definition) is 1. The molecule has 104 valence electrons. The predicted octanol–water partition coefficient (Wildman–Crippen LogP) is 2.22. The quantitative estimate of drug-likeness (QED) is 0.908. The number of fused-ring (bicyclic) bond motifs is 1. The molecule has 1 aromatic carbocycles. The van der Waals surface area contributed by atoms with Gasteiger partial charge in [0, 0.05) is 12.5 Å². The maximum absolute atomic E-state index is 4.52. The van der Waals surface area contributed by atoms with E-state index in [-0.39, 0.29) is 0 Å². The van der Waals surface area contributed by atoms with Gasteiger partial charge in [0.2, 0.25) is 0 Å². The zero-order valence-corrected chi connectivity index (χ0v) is 11.7. The summed E-state index contributed by atoms with van der Waals surface area (Å²) in [5.41, 5.74) is 4.17. The van der Waals surface area contributed by atoms with Gasteiger partial charge in [0.1, 0.15) is 12.2 Å². The van der Waals surface area contributed by atoms with Crippen molar-refractivity contribution in [3.63, 3.8) is 0 Å². The molecule has 4 heteroatoms. The van der Waals surface area contributed by atoms with Crippen LogP contribution in [0.25, 0.3) is 5.69 Å². The van der Waals surface area contributed by atoms with Crippen LogP contribution in [-0.2, 0) is 12.8 Å². The topological polar surface area (TPSA) is 42.7 Å². The van der Waals surface area contributed by atoms with Crippen LogP contribution >= 0.6 is 0 Å². The maximum Gasteiger partial charge on any atom is 0.138 e. The summed E-state index contributed by atoms with van der Waals surface area (Å²) in [5, 5.41) is 7.93. The molecule has 20 heavy (non-hydrogen) atoms. The molecule has 1 fully saturated rings. The van der Waals surface area contributed by atoms with Crippen molar-refractivity contribution in [3.8, 4) is 5.69 Å². The molecule has 2 aliphatic rings. The van der Waals surface area contributed by atoms with E-state index >= 15 is 0 Å². The van der Waals surface area contributed by atoms with Crippen LogP contribution in [0.2, 0.25) is 0 Å². The molecule has 1 saturated heterocycles. The predicted molar refractivity (Wildman–Crippen MR) is 78.2 cm³/mol. The van der Waals surface area contributed by atoms with Gasteiger partial charge in [-0.25, -0.2) is 9.67 Å². The summed E-state index contributed by atoms with van der Waals surface area (Å²) < 4.78 is 2.04. The van der Waals surface area contributed by atoms with Crippen molar-refractivity contribution in [1.82, 2.24) is 20.1 Å². The lowest BCUT2D eigenvalue weighted by molar-refractivity contribution is 0.440. The van der Waals surface area contributed by atoms with Gasteiger partial charge in [-0.3, -0.25) is 0 Å². The van der Waals surface area contributed by atoms with Crippen LogP contribution < -0.4 is 5.32 Å². The third-order valence-corrected chi connectivity index (χ3v) is 4.56. The number of piperidine rings is 1. The number of benzene rings is 1. The van der Waals surface area contributed by atoms with Gasteiger partial charge in [0.15, 0.2) is 0 Å². The average molecular weight is 268 g/mol. The van der Waals surface area contributed by atoms with Crippen LogP contribution in [0.5, 0.6) is 0 Å². The molecule has 1 aliphatic carbocycles. The van der Waals surface area contributed by atoms with E-state index in [1.165, 1.54) is 48.9 Å². The Morgan fingerprint density at radius 3 is 3.00 bits per heavy atom. The molecule has 0 amide bonds. The van der Waals surface area contributed by atoms with Gasteiger partial charge in [-0.15, -0.1) is 0 Å². The van der Waals surface area contributed by atoms with E-state index in [0.717, 1.165) is 18.9 Å². The van der Waals surface area contributed by atoms with Gasteiger partial charge >= 0.3 is 0 Å². The normalized spacial score (nSPS) is 21.9.